The maximum Gasteiger partial charge on any atom is 0.0602 e. The van der Waals surface area contributed by atoms with Crippen LogP contribution in [0.4, 0.5) is 0 Å². The van der Waals surface area contributed by atoms with Crippen LogP contribution in [0.2, 0.25) is 0 Å². The largest absolute Gasteiger partial charge is 0.396 e. The van der Waals surface area contributed by atoms with Gasteiger partial charge in [-0.1, -0.05) is 20.8 Å². The molecule has 0 amide bonds. The van der Waals surface area contributed by atoms with Crippen LogP contribution in [0.3, 0.4) is 0 Å². The fraction of sp³-hybridized carbons (Fsp3) is 1.00. The minimum Gasteiger partial charge on any atom is -0.396 e. The van der Waals surface area contributed by atoms with Gasteiger partial charge in [-0.2, -0.15) is 0 Å². The average Bonchev–Trinajstić information content (AvgIpc) is 2.96. The molecule has 4 aliphatic rings. The van der Waals surface area contributed by atoms with Crippen LogP contribution in [-0.2, 0) is 0 Å². The first kappa shape index (κ1) is 20.1. The highest BCUT2D eigenvalue weighted by Crippen LogP contribution is 2.68. The third-order valence-electron chi connectivity index (χ3n) is 10.1. The molecule has 4 aliphatic carbocycles. The van der Waals surface area contributed by atoms with Crippen molar-refractivity contribution in [1.82, 2.24) is 0 Å². The van der Waals surface area contributed by atoms with Crippen molar-refractivity contribution in [3.05, 3.63) is 0 Å². The van der Waals surface area contributed by atoms with Gasteiger partial charge in [-0.05, 0) is 97.7 Å². The molecule has 4 nitrogen and oxygen atoms in total. The smallest absolute Gasteiger partial charge is 0.0602 e. The van der Waals surface area contributed by atoms with Gasteiger partial charge in [-0.15, -0.1) is 0 Å². The van der Waals surface area contributed by atoms with Crippen LogP contribution >= 0.6 is 0 Å². The summed E-state index contributed by atoms with van der Waals surface area (Å²) in [6.45, 7) is 7.09. The van der Waals surface area contributed by atoms with E-state index in [4.69, 9.17) is 0 Å². The van der Waals surface area contributed by atoms with E-state index in [0.717, 1.165) is 51.4 Å². The van der Waals surface area contributed by atoms with E-state index in [9.17, 15) is 20.4 Å². The van der Waals surface area contributed by atoms with Gasteiger partial charge in [0.25, 0.3) is 0 Å². The first-order chi connectivity index (χ1) is 12.7. The molecule has 4 fully saturated rings. The molecule has 0 heterocycles. The first-order valence-electron chi connectivity index (χ1n) is 11.4. The topological polar surface area (TPSA) is 80.9 Å². The van der Waals surface area contributed by atoms with E-state index in [1.807, 2.05) is 0 Å². The van der Waals surface area contributed by atoms with Crippen LogP contribution in [0.1, 0.15) is 72.1 Å². The third kappa shape index (κ3) is 2.85. The lowest BCUT2D eigenvalue weighted by Crippen LogP contribution is -2.62. The summed E-state index contributed by atoms with van der Waals surface area (Å²) in [5.74, 6) is 2.22. The Kier molecular flexibility index (Phi) is 5.19. The second-order valence-electron chi connectivity index (χ2n) is 11.0. The monoisotopic (exact) mass is 380 g/mol. The summed E-state index contributed by atoms with van der Waals surface area (Å²) >= 11 is 0. The molecule has 156 valence electrons. The fourth-order valence-electron chi connectivity index (χ4n) is 8.54. The summed E-state index contributed by atoms with van der Waals surface area (Å²) in [6.07, 6.45) is 6.44. The molecule has 0 unspecified atom stereocenters. The predicted octanol–water partition coefficient (Wildman–Crippen LogP) is 2.97. The van der Waals surface area contributed by atoms with Gasteiger partial charge in [0.2, 0.25) is 0 Å². The molecule has 11 atom stereocenters. The Morgan fingerprint density at radius 2 is 1.70 bits per heavy atom. The van der Waals surface area contributed by atoms with Gasteiger partial charge in [0.1, 0.15) is 0 Å². The Bertz CT molecular complexity index is 552. The van der Waals surface area contributed by atoms with Crippen LogP contribution in [0, 0.1) is 46.3 Å². The van der Waals surface area contributed by atoms with Gasteiger partial charge in [0.15, 0.2) is 0 Å². The highest BCUT2D eigenvalue weighted by atomic mass is 16.3. The Balaban J connectivity index is 1.66. The summed E-state index contributed by atoms with van der Waals surface area (Å²) in [4.78, 5) is 0. The van der Waals surface area contributed by atoms with Crippen molar-refractivity contribution < 1.29 is 20.4 Å². The summed E-state index contributed by atoms with van der Waals surface area (Å²) in [7, 11) is 0. The van der Waals surface area contributed by atoms with E-state index < -0.39 is 0 Å². The zero-order chi connectivity index (χ0) is 19.6. The molecule has 27 heavy (non-hydrogen) atoms. The zero-order valence-corrected chi connectivity index (χ0v) is 17.3. The first-order valence-corrected chi connectivity index (χ1v) is 11.4. The molecule has 0 radical (unpaired) electrons. The molecule has 4 rings (SSSR count). The molecular formula is C23H40O4. The number of hydrogen-bond acceptors (Lipinski definition) is 4. The van der Waals surface area contributed by atoms with Gasteiger partial charge in [-0.25, -0.2) is 0 Å². The SMILES string of the molecule is C[C@H](CCO)[C@H]1CC[C@H]2[C@@H]3[C@H](O)C[C@@H]4C[C@H](O)CC[C@]4(C)[C@H]3C[C@H](O)[C@]12C. The van der Waals surface area contributed by atoms with Gasteiger partial charge >= 0.3 is 0 Å². The minimum absolute atomic E-state index is 0.139. The van der Waals surface area contributed by atoms with Crippen LogP contribution in [0.5, 0.6) is 0 Å². The molecular weight excluding hydrogens is 340 g/mol. The zero-order valence-electron chi connectivity index (χ0n) is 17.3. The second kappa shape index (κ2) is 6.97. The van der Waals surface area contributed by atoms with Gasteiger partial charge in [0, 0.05) is 6.61 Å². The number of rotatable bonds is 3. The van der Waals surface area contributed by atoms with Crippen molar-refractivity contribution in [1.29, 1.82) is 0 Å². The van der Waals surface area contributed by atoms with Crippen molar-refractivity contribution in [3.8, 4) is 0 Å². The lowest BCUT2D eigenvalue weighted by Gasteiger charge is -2.63. The number of fused-ring (bicyclic) bond motifs is 5. The summed E-state index contributed by atoms with van der Waals surface area (Å²) in [5, 5.41) is 42.2. The van der Waals surface area contributed by atoms with Crippen LogP contribution < -0.4 is 0 Å². The Hall–Kier alpha value is -0.160. The van der Waals surface area contributed by atoms with Gasteiger partial charge < -0.3 is 20.4 Å². The Labute approximate surface area is 164 Å². The van der Waals surface area contributed by atoms with Gasteiger partial charge in [-0.3, -0.25) is 0 Å². The van der Waals surface area contributed by atoms with E-state index in [2.05, 4.69) is 20.8 Å². The lowest BCUT2D eigenvalue weighted by atomic mass is 9.43. The third-order valence-corrected chi connectivity index (χ3v) is 10.1. The predicted molar refractivity (Wildman–Crippen MR) is 105 cm³/mol. The van der Waals surface area contributed by atoms with E-state index >= 15 is 0 Å². The Morgan fingerprint density at radius 3 is 2.41 bits per heavy atom. The highest BCUT2D eigenvalue weighted by Gasteiger charge is 2.65. The number of hydrogen-bond donors (Lipinski definition) is 4. The van der Waals surface area contributed by atoms with E-state index in [0.29, 0.717) is 29.6 Å². The number of aliphatic hydroxyl groups is 4. The Morgan fingerprint density at radius 1 is 0.963 bits per heavy atom. The highest BCUT2D eigenvalue weighted by molar-refractivity contribution is 5.14. The van der Waals surface area contributed by atoms with Gasteiger partial charge in [0.05, 0.1) is 18.3 Å². The molecule has 0 saturated heterocycles. The lowest BCUT2D eigenvalue weighted by molar-refractivity contribution is -0.207. The molecule has 0 aromatic rings. The van der Waals surface area contributed by atoms with Crippen molar-refractivity contribution in [2.75, 3.05) is 6.61 Å². The van der Waals surface area contributed by atoms with Crippen molar-refractivity contribution >= 4 is 0 Å². The molecule has 4 N–H and O–H groups in total. The molecule has 0 aromatic heterocycles. The molecule has 0 aliphatic heterocycles. The second-order valence-corrected chi connectivity index (χ2v) is 11.0. The molecule has 0 aromatic carbocycles. The maximum absolute atomic E-state index is 11.4. The van der Waals surface area contributed by atoms with Crippen molar-refractivity contribution in [2.24, 2.45) is 46.3 Å². The molecule has 4 saturated carbocycles. The molecule has 0 spiro atoms. The maximum atomic E-state index is 11.4. The normalized spacial score (nSPS) is 56.1. The standard InChI is InChI=1S/C23H40O4/c1-13(7-9-24)16-4-5-17-21-18(12-20(27)23(16,17)3)22(2)8-6-15(25)10-14(22)11-19(21)26/h13-21,24-27H,4-12H2,1-3H3/t13-,14+,15-,16-,17+,18+,19-,20+,21+,22+,23-/m1/s1. The summed E-state index contributed by atoms with van der Waals surface area (Å²) in [6, 6.07) is 0. The van der Waals surface area contributed by atoms with E-state index in [-0.39, 0.29) is 41.7 Å². The number of aliphatic hydroxyl groups excluding tert-OH is 4. The summed E-state index contributed by atoms with van der Waals surface area (Å²) in [5.41, 5.74) is -0.00561. The van der Waals surface area contributed by atoms with Crippen LogP contribution in [0.15, 0.2) is 0 Å². The molecule has 0 bridgehead atoms. The average molecular weight is 381 g/mol. The van der Waals surface area contributed by atoms with E-state index in [1.165, 1.54) is 0 Å². The van der Waals surface area contributed by atoms with Crippen molar-refractivity contribution in [2.45, 2.75) is 90.4 Å². The fourth-order valence-corrected chi connectivity index (χ4v) is 8.54. The van der Waals surface area contributed by atoms with E-state index in [1.54, 1.807) is 0 Å². The van der Waals surface area contributed by atoms with Crippen molar-refractivity contribution in [3.63, 3.8) is 0 Å². The molecule has 4 heteroatoms. The summed E-state index contributed by atoms with van der Waals surface area (Å²) < 4.78 is 0. The quantitative estimate of drug-likeness (QED) is 0.607. The van der Waals surface area contributed by atoms with Crippen LogP contribution in [-0.4, -0.2) is 45.3 Å². The van der Waals surface area contributed by atoms with Crippen LogP contribution in [0.25, 0.3) is 0 Å². The minimum atomic E-state index is -0.327.